The minimum absolute atomic E-state index is 0.114. The first-order chi connectivity index (χ1) is 8.25. The fraction of sp³-hybridized carbons (Fsp3) is 0.0909. The highest BCUT2D eigenvalue weighted by molar-refractivity contribution is 5.75. The van der Waals surface area contributed by atoms with Crippen LogP contribution in [0.25, 0.3) is 11.3 Å². The van der Waals surface area contributed by atoms with Crippen LogP contribution in [0.2, 0.25) is 0 Å². The molecule has 6 nitrogen and oxygen atoms in total. The third kappa shape index (κ3) is 2.97. The van der Waals surface area contributed by atoms with E-state index in [2.05, 4.69) is 15.0 Å². The number of amides is 1. The first-order valence-electron chi connectivity index (χ1n) is 4.90. The van der Waals surface area contributed by atoms with Gasteiger partial charge < -0.3 is 10.5 Å². The first kappa shape index (κ1) is 11.0. The molecule has 0 aromatic carbocycles. The van der Waals surface area contributed by atoms with Crippen LogP contribution in [-0.4, -0.2) is 27.5 Å². The summed E-state index contributed by atoms with van der Waals surface area (Å²) < 4.78 is 4.94. The summed E-state index contributed by atoms with van der Waals surface area (Å²) >= 11 is 0. The van der Waals surface area contributed by atoms with Crippen LogP contribution in [0.4, 0.5) is 0 Å². The second-order valence-corrected chi connectivity index (χ2v) is 3.22. The number of aromatic nitrogens is 3. The van der Waals surface area contributed by atoms with E-state index in [0.29, 0.717) is 0 Å². The molecule has 0 spiro atoms. The van der Waals surface area contributed by atoms with E-state index in [-0.39, 0.29) is 12.6 Å². The number of hydrogen-bond donors (Lipinski definition) is 1. The van der Waals surface area contributed by atoms with Gasteiger partial charge in [0, 0.05) is 24.2 Å². The van der Waals surface area contributed by atoms with Gasteiger partial charge in [-0.05, 0) is 12.1 Å². The van der Waals surface area contributed by atoms with Gasteiger partial charge in [0.25, 0.3) is 5.91 Å². The molecule has 0 aliphatic heterocycles. The van der Waals surface area contributed by atoms with E-state index in [1.54, 1.807) is 18.6 Å². The largest absolute Gasteiger partial charge is 0.453 e. The van der Waals surface area contributed by atoms with E-state index in [4.69, 9.17) is 10.5 Å². The van der Waals surface area contributed by atoms with Crippen LogP contribution in [0.15, 0.2) is 36.8 Å². The van der Waals surface area contributed by atoms with Gasteiger partial charge in [-0.1, -0.05) is 6.07 Å². The monoisotopic (exact) mass is 230 g/mol. The van der Waals surface area contributed by atoms with Crippen molar-refractivity contribution in [1.82, 2.24) is 15.0 Å². The van der Waals surface area contributed by atoms with Crippen LogP contribution < -0.4 is 10.5 Å². The Morgan fingerprint density at radius 3 is 2.59 bits per heavy atom. The summed E-state index contributed by atoms with van der Waals surface area (Å²) in [5.41, 5.74) is 6.48. The number of nitrogens with two attached hydrogens (primary N) is 1. The SMILES string of the molecule is NC(=O)COc1ncc(-c2ccccn2)cn1. The molecule has 2 N–H and O–H groups in total. The quantitative estimate of drug-likeness (QED) is 0.821. The molecule has 2 rings (SSSR count). The summed E-state index contributed by atoms with van der Waals surface area (Å²) in [6.45, 7) is -0.233. The third-order valence-electron chi connectivity index (χ3n) is 1.93. The lowest BCUT2D eigenvalue weighted by molar-refractivity contribution is -0.120. The molecular formula is C11H10N4O2. The Kier molecular flexibility index (Phi) is 3.25. The van der Waals surface area contributed by atoms with Crippen molar-refractivity contribution >= 4 is 5.91 Å². The lowest BCUT2D eigenvalue weighted by Crippen LogP contribution is -2.20. The second-order valence-electron chi connectivity index (χ2n) is 3.22. The molecule has 0 fully saturated rings. The maximum atomic E-state index is 10.5. The first-order valence-corrected chi connectivity index (χ1v) is 4.90. The van der Waals surface area contributed by atoms with Gasteiger partial charge in [0.2, 0.25) is 0 Å². The van der Waals surface area contributed by atoms with Gasteiger partial charge in [-0.2, -0.15) is 0 Å². The molecular weight excluding hydrogens is 220 g/mol. The fourth-order valence-corrected chi connectivity index (χ4v) is 1.19. The lowest BCUT2D eigenvalue weighted by atomic mass is 10.2. The molecule has 2 heterocycles. The summed E-state index contributed by atoms with van der Waals surface area (Å²) in [4.78, 5) is 22.5. The predicted octanol–water partition coefficient (Wildman–Crippen LogP) is 0.403. The van der Waals surface area contributed by atoms with Crippen LogP contribution in [0, 0.1) is 0 Å². The van der Waals surface area contributed by atoms with Crippen molar-refractivity contribution in [2.45, 2.75) is 0 Å². The molecule has 0 aliphatic rings. The van der Waals surface area contributed by atoms with Crippen molar-refractivity contribution < 1.29 is 9.53 Å². The molecule has 0 saturated heterocycles. The van der Waals surface area contributed by atoms with Crippen LogP contribution in [0.5, 0.6) is 6.01 Å². The number of nitrogens with zero attached hydrogens (tertiary/aromatic N) is 3. The van der Waals surface area contributed by atoms with Gasteiger partial charge in [0.15, 0.2) is 6.61 Å². The summed E-state index contributed by atoms with van der Waals surface area (Å²) in [7, 11) is 0. The second kappa shape index (κ2) is 5.02. The van der Waals surface area contributed by atoms with Crippen LogP contribution in [-0.2, 0) is 4.79 Å². The van der Waals surface area contributed by atoms with E-state index in [9.17, 15) is 4.79 Å². The number of ether oxygens (including phenoxy) is 1. The average molecular weight is 230 g/mol. The van der Waals surface area contributed by atoms with Crippen molar-refractivity contribution in [1.29, 1.82) is 0 Å². The zero-order valence-electron chi connectivity index (χ0n) is 8.91. The lowest BCUT2D eigenvalue weighted by Gasteiger charge is -2.02. The molecule has 0 atom stereocenters. The minimum Gasteiger partial charge on any atom is -0.453 e. The molecule has 86 valence electrons. The standard InChI is InChI=1S/C11H10N4O2/c12-10(16)7-17-11-14-5-8(6-15-11)9-3-1-2-4-13-9/h1-6H,7H2,(H2,12,16). The minimum atomic E-state index is -0.567. The van der Waals surface area contributed by atoms with Crippen molar-refractivity contribution in [3.05, 3.63) is 36.8 Å². The van der Waals surface area contributed by atoms with Crippen molar-refractivity contribution in [2.75, 3.05) is 6.61 Å². The van der Waals surface area contributed by atoms with E-state index in [0.717, 1.165) is 11.3 Å². The highest BCUT2D eigenvalue weighted by Gasteiger charge is 2.03. The fourth-order valence-electron chi connectivity index (χ4n) is 1.19. The Labute approximate surface area is 97.5 Å². The van der Waals surface area contributed by atoms with Gasteiger partial charge in [0.1, 0.15) is 0 Å². The summed E-state index contributed by atoms with van der Waals surface area (Å²) in [6.07, 6.45) is 4.84. The maximum absolute atomic E-state index is 10.5. The van der Waals surface area contributed by atoms with Gasteiger partial charge in [-0.15, -0.1) is 0 Å². The zero-order valence-corrected chi connectivity index (χ0v) is 8.91. The van der Waals surface area contributed by atoms with Crippen LogP contribution >= 0.6 is 0 Å². The number of primary amides is 1. The molecule has 0 saturated carbocycles. The van der Waals surface area contributed by atoms with Gasteiger partial charge >= 0.3 is 6.01 Å². The van der Waals surface area contributed by atoms with Crippen molar-refractivity contribution in [3.8, 4) is 17.3 Å². The molecule has 0 radical (unpaired) electrons. The molecule has 0 bridgehead atoms. The van der Waals surface area contributed by atoms with Gasteiger partial charge in [-0.3, -0.25) is 9.78 Å². The Bertz CT molecular complexity index is 499. The van der Waals surface area contributed by atoms with Gasteiger partial charge in [-0.25, -0.2) is 9.97 Å². The summed E-state index contributed by atoms with van der Waals surface area (Å²) in [5, 5.41) is 0. The molecule has 0 unspecified atom stereocenters. The molecule has 1 amide bonds. The van der Waals surface area contributed by atoms with Crippen LogP contribution in [0.1, 0.15) is 0 Å². The zero-order chi connectivity index (χ0) is 12.1. The van der Waals surface area contributed by atoms with Gasteiger partial charge in [0.05, 0.1) is 5.69 Å². The molecule has 17 heavy (non-hydrogen) atoms. The highest BCUT2D eigenvalue weighted by atomic mass is 16.5. The highest BCUT2D eigenvalue weighted by Crippen LogP contribution is 2.14. The normalized spacial score (nSPS) is 9.88. The predicted molar refractivity (Wildman–Crippen MR) is 60.0 cm³/mol. The third-order valence-corrected chi connectivity index (χ3v) is 1.93. The topological polar surface area (TPSA) is 91.0 Å². The molecule has 2 aromatic rings. The number of carbonyl (C=O) groups is 1. The Balaban J connectivity index is 2.11. The Hall–Kier alpha value is -2.50. The summed E-state index contributed by atoms with van der Waals surface area (Å²) in [5.74, 6) is -0.567. The number of pyridine rings is 1. The number of carbonyl (C=O) groups excluding carboxylic acids is 1. The van der Waals surface area contributed by atoms with E-state index in [1.165, 1.54) is 0 Å². The number of hydrogen-bond acceptors (Lipinski definition) is 5. The number of rotatable bonds is 4. The Morgan fingerprint density at radius 1 is 1.24 bits per heavy atom. The maximum Gasteiger partial charge on any atom is 0.316 e. The van der Waals surface area contributed by atoms with Crippen molar-refractivity contribution in [3.63, 3.8) is 0 Å². The van der Waals surface area contributed by atoms with E-state index >= 15 is 0 Å². The van der Waals surface area contributed by atoms with Crippen molar-refractivity contribution in [2.24, 2.45) is 5.73 Å². The van der Waals surface area contributed by atoms with Crippen LogP contribution in [0.3, 0.4) is 0 Å². The Morgan fingerprint density at radius 2 is 2.00 bits per heavy atom. The van der Waals surface area contributed by atoms with E-state index < -0.39 is 5.91 Å². The summed E-state index contributed by atoms with van der Waals surface area (Å²) in [6, 6.07) is 5.67. The smallest absolute Gasteiger partial charge is 0.316 e. The van der Waals surface area contributed by atoms with E-state index in [1.807, 2.05) is 18.2 Å². The molecule has 6 heteroatoms. The average Bonchev–Trinajstić information content (AvgIpc) is 2.38. The molecule has 0 aliphatic carbocycles. The molecule has 2 aromatic heterocycles.